The summed E-state index contributed by atoms with van der Waals surface area (Å²) in [7, 11) is 1.82. The average Bonchev–Trinajstić information content (AvgIpc) is 3.21. The number of nitrogens with one attached hydrogen (secondary N) is 1. The Morgan fingerprint density at radius 2 is 2.10 bits per heavy atom. The molecule has 1 atom stereocenters. The Bertz CT molecular complexity index is 460. The summed E-state index contributed by atoms with van der Waals surface area (Å²) in [4.78, 5) is 1.55. The third kappa shape index (κ3) is 5.49. The fourth-order valence-electron chi connectivity index (χ4n) is 2.56. The number of hydrogen-bond acceptors (Lipinski definition) is 2. The van der Waals surface area contributed by atoms with Crippen LogP contribution in [0.3, 0.4) is 0 Å². The summed E-state index contributed by atoms with van der Waals surface area (Å²) in [5.74, 6) is 0. The Morgan fingerprint density at radius 3 is 2.62 bits per heavy atom. The molecule has 6 heteroatoms. The van der Waals surface area contributed by atoms with Crippen LogP contribution in [-0.2, 0) is 0 Å². The number of rotatable bonds is 7. The van der Waals surface area contributed by atoms with Crippen LogP contribution in [0.2, 0.25) is 5.02 Å². The van der Waals surface area contributed by atoms with E-state index in [0.29, 0.717) is 18.0 Å². The van der Waals surface area contributed by atoms with Crippen molar-refractivity contribution in [3.63, 3.8) is 0 Å². The first kappa shape index (κ1) is 16.6. The van der Waals surface area contributed by atoms with Crippen molar-refractivity contribution in [2.45, 2.75) is 37.5 Å². The van der Waals surface area contributed by atoms with E-state index in [4.69, 9.17) is 11.6 Å². The van der Waals surface area contributed by atoms with Crippen molar-refractivity contribution in [1.82, 2.24) is 10.2 Å². The van der Waals surface area contributed by atoms with E-state index in [-0.39, 0.29) is 12.1 Å². The first-order chi connectivity index (χ1) is 9.89. The van der Waals surface area contributed by atoms with E-state index in [1.165, 1.54) is 0 Å². The monoisotopic (exact) mass is 320 g/mol. The van der Waals surface area contributed by atoms with Gasteiger partial charge in [-0.2, -0.15) is 13.2 Å². The number of nitrogens with zero attached hydrogens (tertiary/aromatic N) is 1. The van der Waals surface area contributed by atoms with Crippen LogP contribution >= 0.6 is 11.6 Å². The molecule has 1 saturated carbocycles. The highest BCUT2D eigenvalue weighted by Crippen LogP contribution is 2.31. The topological polar surface area (TPSA) is 15.3 Å². The molecule has 0 aromatic heterocycles. The molecule has 0 spiro atoms. The summed E-state index contributed by atoms with van der Waals surface area (Å²) in [5, 5.41) is 3.80. The second-order valence-corrected chi connectivity index (χ2v) is 5.94. The Kier molecular flexibility index (Phi) is 5.52. The van der Waals surface area contributed by atoms with Crippen molar-refractivity contribution in [3.05, 3.63) is 34.9 Å². The molecule has 118 valence electrons. The molecule has 1 aliphatic rings. The van der Waals surface area contributed by atoms with Gasteiger partial charge in [0.2, 0.25) is 0 Å². The van der Waals surface area contributed by atoms with Gasteiger partial charge in [-0.05, 0) is 44.0 Å². The van der Waals surface area contributed by atoms with E-state index in [1.807, 2.05) is 25.2 Å². The van der Waals surface area contributed by atoms with Gasteiger partial charge in [-0.1, -0.05) is 23.7 Å². The number of hydrogen-bond donors (Lipinski definition) is 1. The highest BCUT2D eigenvalue weighted by molar-refractivity contribution is 6.30. The first-order valence-electron chi connectivity index (χ1n) is 7.12. The van der Waals surface area contributed by atoms with Gasteiger partial charge in [0, 0.05) is 23.7 Å². The quantitative estimate of drug-likeness (QED) is 0.816. The van der Waals surface area contributed by atoms with E-state index >= 15 is 0 Å². The molecule has 0 saturated heterocycles. The van der Waals surface area contributed by atoms with Gasteiger partial charge in [0.15, 0.2) is 0 Å². The highest BCUT2D eigenvalue weighted by Gasteiger charge is 2.37. The lowest BCUT2D eigenvalue weighted by Gasteiger charge is -2.26. The maximum Gasteiger partial charge on any atom is 0.401 e. The van der Waals surface area contributed by atoms with Crippen molar-refractivity contribution >= 4 is 11.6 Å². The van der Waals surface area contributed by atoms with Crippen molar-refractivity contribution in [2.24, 2.45) is 0 Å². The summed E-state index contributed by atoms with van der Waals surface area (Å²) < 4.78 is 37.8. The molecule has 1 N–H and O–H groups in total. The van der Waals surface area contributed by atoms with E-state index < -0.39 is 12.7 Å². The van der Waals surface area contributed by atoms with Gasteiger partial charge in [-0.15, -0.1) is 0 Å². The molecular formula is C15H20ClF3N2. The molecular weight excluding hydrogens is 301 g/mol. The number of benzene rings is 1. The molecule has 0 amide bonds. The van der Waals surface area contributed by atoms with Crippen LogP contribution in [0.1, 0.15) is 30.9 Å². The first-order valence-corrected chi connectivity index (χ1v) is 7.50. The molecule has 1 unspecified atom stereocenters. The van der Waals surface area contributed by atoms with Gasteiger partial charge in [-0.25, -0.2) is 0 Å². The highest BCUT2D eigenvalue weighted by atomic mass is 35.5. The summed E-state index contributed by atoms with van der Waals surface area (Å²) in [6.45, 7) is -0.383. The fourth-order valence-corrected chi connectivity index (χ4v) is 2.76. The molecule has 0 aliphatic heterocycles. The fraction of sp³-hybridized carbons (Fsp3) is 0.600. The van der Waals surface area contributed by atoms with Gasteiger partial charge < -0.3 is 5.32 Å². The van der Waals surface area contributed by atoms with E-state index in [2.05, 4.69) is 5.32 Å². The van der Waals surface area contributed by atoms with Crippen LogP contribution in [0.15, 0.2) is 24.3 Å². The van der Waals surface area contributed by atoms with Gasteiger partial charge in [-0.3, -0.25) is 4.90 Å². The van der Waals surface area contributed by atoms with E-state index in [1.54, 1.807) is 11.0 Å². The van der Waals surface area contributed by atoms with Crippen LogP contribution in [0.25, 0.3) is 0 Å². The van der Waals surface area contributed by atoms with Gasteiger partial charge in [0.05, 0.1) is 6.54 Å². The standard InChI is InChI=1S/C15H20ClF3N2/c1-20-14(11-3-2-4-12(16)9-11)7-8-21(13-5-6-13)10-15(17,18)19/h2-4,9,13-14,20H,5-8,10H2,1H3. The number of halogens is 4. The van der Waals surface area contributed by atoms with Crippen LogP contribution in [-0.4, -0.2) is 37.3 Å². The molecule has 1 aromatic carbocycles. The van der Waals surface area contributed by atoms with E-state index in [0.717, 1.165) is 18.4 Å². The normalized spacial score (nSPS) is 17.2. The predicted octanol–water partition coefficient (Wildman–Crippen LogP) is 4.02. The SMILES string of the molecule is CNC(CCN(CC(F)(F)F)C1CC1)c1cccc(Cl)c1. The van der Waals surface area contributed by atoms with Crippen molar-refractivity contribution < 1.29 is 13.2 Å². The zero-order valence-electron chi connectivity index (χ0n) is 12.0. The van der Waals surface area contributed by atoms with Crippen LogP contribution < -0.4 is 5.32 Å². The molecule has 0 heterocycles. The maximum absolute atomic E-state index is 12.6. The minimum absolute atomic E-state index is 0.0122. The minimum Gasteiger partial charge on any atom is -0.313 e. The largest absolute Gasteiger partial charge is 0.401 e. The second-order valence-electron chi connectivity index (χ2n) is 5.50. The molecule has 1 aromatic rings. The van der Waals surface area contributed by atoms with Crippen molar-refractivity contribution in [3.8, 4) is 0 Å². The Labute approximate surface area is 128 Å². The molecule has 0 bridgehead atoms. The van der Waals surface area contributed by atoms with Crippen LogP contribution in [0.4, 0.5) is 13.2 Å². The Morgan fingerprint density at radius 1 is 1.38 bits per heavy atom. The molecule has 2 nitrogen and oxygen atoms in total. The predicted molar refractivity (Wildman–Crippen MR) is 78.5 cm³/mol. The smallest absolute Gasteiger partial charge is 0.313 e. The summed E-state index contributed by atoms with van der Waals surface area (Å²) >= 11 is 5.97. The van der Waals surface area contributed by atoms with Gasteiger partial charge in [0.1, 0.15) is 0 Å². The average molecular weight is 321 g/mol. The Hall–Kier alpha value is -0.780. The Balaban J connectivity index is 1.94. The minimum atomic E-state index is -4.13. The third-order valence-corrected chi connectivity index (χ3v) is 3.99. The summed E-state index contributed by atoms with van der Waals surface area (Å²) in [6, 6.07) is 7.56. The molecule has 2 rings (SSSR count). The van der Waals surface area contributed by atoms with Gasteiger partial charge >= 0.3 is 6.18 Å². The van der Waals surface area contributed by atoms with E-state index in [9.17, 15) is 13.2 Å². The lowest BCUT2D eigenvalue weighted by Crippen LogP contribution is -2.37. The molecule has 1 fully saturated rings. The van der Waals surface area contributed by atoms with Crippen molar-refractivity contribution in [1.29, 1.82) is 0 Å². The molecule has 21 heavy (non-hydrogen) atoms. The van der Waals surface area contributed by atoms with Crippen molar-refractivity contribution in [2.75, 3.05) is 20.1 Å². The zero-order valence-corrected chi connectivity index (χ0v) is 12.7. The lowest BCUT2D eigenvalue weighted by atomic mass is 10.0. The second kappa shape index (κ2) is 6.99. The van der Waals surface area contributed by atoms with Gasteiger partial charge in [0.25, 0.3) is 0 Å². The zero-order chi connectivity index (χ0) is 15.5. The van der Waals surface area contributed by atoms with Crippen LogP contribution in [0, 0.1) is 0 Å². The maximum atomic E-state index is 12.6. The van der Waals surface area contributed by atoms with Crippen LogP contribution in [0.5, 0.6) is 0 Å². The third-order valence-electron chi connectivity index (χ3n) is 3.75. The number of alkyl halides is 3. The summed E-state index contributed by atoms with van der Waals surface area (Å²) in [5.41, 5.74) is 1.01. The lowest BCUT2D eigenvalue weighted by molar-refractivity contribution is -0.147. The molecule has 1 aliphatic carbocycles. The summed E-state index contributed by atoms with van der Waals surface area (Å²) in [6.07, 6.45) is -1.76. The molecule has 0 radical (unpaired) electrons.